The second-order valence-corrected chi connectivity index (χ2v) is 7.67. The molecule has 3 aromatic heterocycles. The van der Waals surface area contributed by atoms with Crippen molar-refractivity contribution in [2.24, 2.45) is 5.73 Å². The van der Waals surface area contributed by atoms with Crippen molar-refractivity contribution in [2.75, 3.05) is 29.0 Å². The van der Waals surface area contributed by atoms with E-state index in [2.05, 4.69) is 25.2 Å². The molecule has 1 aliphatic rings. The number of anilines is 3. The zero-order valence-electron chi connectivity index (χ0n) is 15.2. The fourth-order valence-electron chi connectivity index (χ4n) is 3.26. The Morgan fingerprint density at radius 1 is 1.29 bits per heavy atom. The van der Waals surface area contributed by atoms with Crippen LogP contribution in [-0.4, -0.2) is 40.0 Å². The van der Waals surface area contributed by atoms with Gasteiger partial charge < -0.3 is 21.7 Å². The SMILES string of the molecule is Nc1sc(-c2ccccn2)nc1C(=O)Nc1cnccc1N1CCC[C@H](N)C1. The monoisotopic (exact) mass is 395 g/mol. The third kappa shape index (κ3) is 3.80. The number of aromatic nitrogens is 3. The Balaban J connectivity index is 1.57. The molecule has 5 N–H and O–H groups in total. The van der Waals surface area contributed by atoms with Crippen molar-refractivity contribution >= 4 is 33.6 Å². The van der Waals surface area contributed by atoms with E-state index in [4.69, 9.17) is 11.5 Å². The second kappa shape index (κ2) is 7.91. The zero-order chi connectivity index (χ0) is 19.5. The predicted molar refractivity (Wildman–Crippen MR) is 111 cm³/mol. The smallest absolute Gasteiger partial charge is 0.277 e. The molecule has 1 aliphatic heterocycles. The molecule has 28 heavy (non-hydrogen) atoms. The molecular weight excluding hydrogens is 374 g/mol. The summed E-state index contributed by atoms with van der Waals surface area (Å²) in [6, 6.07) is 7.53. The maximum absolute atomic E-state index is 12.8. The molecule has 0 unspecified atom stereocenters. The van der Waals surface area contributed by atoms with Crippen LogP contribution in [0.15, 0.2) is 42.9 Å². The first-order valence-corrected chi connectivity index (χ1v) is 9.87. The van der Waals surface area contributed by atoms with Gasteiger partial charge in [0.15, 0.2) is 5.69 Å². The molecule has 144 valence electrons. The van der Waals surface area contributed by atoms with Gasteiger partial charge in [-0.3, -0.25) is 14.8 Å². The summed E-state index contributed by atoms with van der Waals surface area (Å²) in [7, 11) is 0. The Morgan fingerprint density at radius 2 is 2.18 bits per heavy atom. The van der Waals surface area contributed by atoms with Crippen molar-refractivity contribution in [1.29, 1.82) is 0 Å². The van der Waals surface area contributed by atoms with Gasteiger partial charge in [0.1, 0.15) is 10.0 Å². The molecule has 3 aromatic rings. The van der Waals surface area contributed by atoms with Gasteiger partial charge >= 0.3 is 0 Å². The van der Waals surface area contributed by atoms with E-state index >= 15 is 0 Å². The molecule has 1 amide bonds. The minimum absolute atomic E-state index is 0.126. The lowest BCUT2D eigenvalue weighted by atomic mass is 10.1. The summed E-state index contributed by atoms with van der Waals surface area (Å²) >= 11 is 1.24. The molecule has 0 aromatic carbocycles. The van der Waals surface area contributed by atoms with Gasteiger partial charge in [0.2, 0.25) is 0 Å². The van der Waals surface area contributed by atoms with E-state index in [1.54, 1.807) is 18.6 Å². The number of nitrogens with two attached hydrogens (primary N) is 2. The Morgan fingerprint density at radius 3 is 2.96 bits per heavy atom. The van der Waals surface area contributed by atoms with Gasteiger partial charge in [-0.1, -0.05) is 17.4 Å². The summed E-state index contributed by atoms with van der Waals surface area (Å²) < 4.78 is 0. The van der Waals surface area contributed by atoms with E-state index in [0.29, 0.717) is 21.4 Å². The van der Waals surface area contributed by atoms with Crippen LogP contribution in [0.3, 0.4) is 0 Å². The van der Waals surface area contributed by atoms with E-state index in [1.807, 2.05) is 24.3 Å². The minimum atomic E-state index is -0.369. The molecule has 9 heteroatoms. The van der Waals surface area contributed by atoms with E-state index in [0.717, 1.165) is 31.6 Å². The molecule has 8 nitrogen and oxygen atoms in total. The highest BCUT2D eigenvalue weighted by Crippen LogP contribution is 2.31. The van der Waals surface area contributed by atoms with Crippen LogP contribution in [0.5, 0.6) is 0 Å². The number of piperidine rings is 1. The molecule has 1 saturated heterocycles. The number of thiazole rings is 1. The van der Waals surface area contributed by atoms with Crippen molar-refractivity contribution in [2.45, 2.75) is 18.9 Å². The number of rotatable bonds is 4. The summed E-state index contributed by atoms with van der Waals surface area (Å²) in [5.74, 6) is -0.369. The van der Waals surface area contributed by atoms with Crippen LogP contribution in [0, 0.1) is 0 Å². The highest BCUT2D eigenvalue weighted by Gasteiger charge is 2.22. The first kappa shape index (κ1) is 18.3. The van der Waals surface area contributed by atoms with Crippen molar-refractivity contribution < 1.29 is 4.79 Å². The number of nitrogens with one attached hydrogen (secondary N) is 1. The standard InChI is InChI=1S/C19H21N7OS/c20-12-4-3-9-26(11-12)15-6-8-22-10-14(15)24-18(27)16-17(21)28-19(25-16)13-5-1-2-7-23-13/h1-2,5-8,10,12H,3-4,9,11,20-21H2,(H,24,27)/t12-/m0/s1. The van der Waals surface area contributed by atoms with E-state index in [9.17, 15) is 4.79 Å². The maximum Gasteiger partial charge on any atom is 0.277 e. The van der Waals surface area contributed by atoms with Gasteiger partial charge in [0, 0.05) is 31.5 Å². The molecule has 0 saturated carbocycles. The molecule has 4 heterocycles. The van der Waals surface area contributed by atoms with Gasteiger partial charge in [-0.25, -0.2) is 4.98 Å². The van der Waals surface area contributed by atoms with Crippen molar-refractivity contribution in [1.82, 2.24) is 15.0 Å². The predicted octanol–water partition coefficient (Wildman–Crippen LogP) is 2.36. The normalized spacial score (nSPS) is 16.8. The number of carbonyl (C=O) groups excluding carboxylic acids is 1. The van der Waals surface area contributed by atoms with E-state index in [-0.39, 0.29) is 17.6 Å². The fraction of sp³-hybridized carbons (Fsp3) is 0.263. The third-order valence-corrected chi connectivity index (χ3v) is 5.50. The summed E-state index contributed by atoms with van der Waals surface area (Å²) in [6.07, 6.45) is 7.05. The van der Waals surface area contributed by atoms with Crippen LogP contribution < -0.4 is 21.7 Å². The number of hydrogen-bond donors (Lipinski definition) is 3. The van der Waals surface area contributed by atoms with Crippen LogP contribution in [-0.2, 0) is 0 Å². The average Bonchev–Trinajstić information content (AvgIpc) is 3.11. The largest absolute Gasteiger partial charge is 0.389 e. The molecular formula is C19H21N7OS. The molecule has 0 spiro atoms. The van der Waals surface area contributed by atoms with Gasteiger partial charge in [-0.2, -0.15) is 0 Å². The molecule has 0 radical (unpaired) electrons. The molecule has 0 bridgehead atoms. The Labute approximate surface area is 166 Å². The summed E-state index contributed by atoms with van der Waals surface area (Å²) in [5, 5.41) is 3.86. The van der Waals surface area contributed by atoms with E-state index < -0.39 is 0 Å². The van der Waals surface area contributed by atoms with E-state index in [1.165, 1.54) is 11.3 Å². The molecule has 0 aliphatic carbocycles. The zero-order valence-corrected chi connectivity index (χ0v) is 16.0. The second-order valence-electron chi connectivity index (χ2n) is 6.64. The van der Waals surface area contributed by atoms with Crippen LogP contribution in [0.1, 0.15) is 23.3 Å². The first-order valence-electron chi connectivity index (χ1n) is 9.05. The molecule has 1 fully saturated rings. The Hall–Kier alpha value is -3.04. The summed E-state index contributed by atoms with van der Waals surface area (Å²) in [4.78, 5) is 27.8. The average molecular weight is 395 g/mol. The third-order valence-electron chi connectivity index (χ3n) is 4.60. The lowest BCUT2D eigenvalue weighted by Crippen LogP contribution is -2.43. The summed E-state index contributed by atoms with van der Waals surface area (Å²) in [5.41, 5.74) is 14.6. The number of carbonyl (C=O) groups is 1. The number of nitrogens with zero attached hydrogens (tertiary/aromatic N) is 4. The number of pyridine rings is 2. The van der Waals surface area contributed by atoms with Crippen LogP contribution >= 0.6 is 11.3 Å². The quantitative estimate of drug-likeness (QED) is 0.619. The number of hydrogen-bond acceptors (Lipinski definition) is 8. The Kier molecular flexibility index (Phi) is 5.18. The van der Waals surface area contributed by atoms with Crippen molar-refractivity contribution in [3.05, 3.63) is 48.5 Å². The van der Waals surface area contributed by atoms with Crippen LogP contribution in [0.4, 0.5) is 16.4 Å². The lowest BCUT2D eigenvalue weighted by molar-refractivity contribution is 0.102. The first-order chi connectivity index (χ1) is 13.6. The Bertz CT molecular complexity index is 975. The summed E-state index contributed by atoms with van der Waals surface area (Å²) in [6.45, 7) is 1.64. The van der Waals surface area contributed by atoms with Gasteiger partial charge in [-0.15, -0.1) is 0 Å². The number of nitrogen functional groups attached to an aromatic ring is 1. The van der Waals surface area contributed by atoms with Crippen LogP contribution in [0.25, 0.3) is 10.7 Å². The molecule has 4 rings (SSSR count). The molecule has 1 atom stereocenters. The fourth-order valence-corrected chi connectivity index (χ4v) is 4.07. The maximum atomic E-state index is 12.8. The topological polar surface area (TPSA) is 123 Å². The van der Waals surface area contributed by atoms with Gasteiger partial charge in [-0.05, 0) is 31.0 Å². The highest BCUT2D eigenvalue weighted by atomic mass is 32.1. The van der Waals surface area contributed by atoms with Gasteiger partial charge in [0.05, 0.1) is 23.3 Å². The van der Waals surface area contributed by atoms with Crippen molar-refractivity contribution in [3.8, 4) is 10.7 Å². The highest BCUT2D eigenvalue weighted by molar-refractivity contribution is 7.19. The van der Waals surface area contributed by atoms with Crippen LogP contribution in [0.2, 0.25) is 0 Å². The lowest BCUT2D eigenvalue weighted by Gasteiger charge is -2.33. The van der Waals surface area contributed by atoms with Gasteiger partial charge in [0.25, 0.3) is 5.91 Å². The minimum Gasteiger partial charge on any atom is -0.389 e. The number of amides is 1. The van der Waals surface area contributed by atoms with Crippen molar-refractivity contribution in [3.63, 3.8) is 0 Å².